The Morgan fingerprint density at radius 1 is 1.11 bits per heavy atom. The average Bonchev–Trinajstić information content (AvgIpc) is 2.65. The number of rotatable bonds is 5. The summed E-state index contributed by atoms with van der Waals surface area (Å²) in [4.78, 5) is 14.3. The van der Waals surface area contributed by atoms with Crippen LogP contribution >= 0.6 is 11.6 Å². The van der Waals surface area contributed by atoms with Crippen LogP contribution in [0.15, 0.2) is 47.4 Å². The first-order valence-electron chi connectivity index (χ1n) is 8.80. The van der Waals surface area contributed by atoms with E-state index in [0.29, 0.717) is 31.9 Å². The summed E-state index contributed by atoms with van der Waals surface area (Å²) in [5.74, 6) is -0.817. The van der Waals surface area contributed by atoms with Crippen LogP contribution in [0.2, 0.25) is 5.02 Å². The number of aryl methyl sites for hydroxylation is 1. The van der Waals surface area contributed by atoms with Gasteiger partial charge in [0.05, 0.1) is 16.5 Å². The number of hydrogen-bond acceptors (Lipinski definition) is 4. The monoisotopic (exact) mass is 425 g/mol. The number of nitrogens with one attached hydrogen (secondary N) is 1. The first-order valence-corrected chi connectivity index (χ1v) is 10.6. The molecule has 1 heterocycles. The third-order valence-corrected chi connectivity index (χ3v) is 6.76. The molecule has 0 radical (unpaired) electrons. The quantitative estimate of drug-likeness (QED) is 0.799. The van der Waals surface area contributed by atoms with Gasteiger partial charge >= 0.3 is 0 Å². The number of piperazine rings is 1. The van der Waals surface area contributed by atoms with E-state index in [1.807, 2.05) is 11.8 Å². The van der Waals surface area contributed by atoms with Crippen LogP contribution in [-0.2, 0) is 14.8 Å². The van der Waals surface area contributed by atoms with E-state index in [-0.39, 0.29) is 22.4 Å². The summed E-state index contributed by atoms with van der Waals surface area (Å²) in [7, 11) is -3.53. The number of halogens is 2. The summed E-state index contributed by atoms with van der Waals surface area (Å²) in [5.41, 5.74) is 1.41. The minimum atomic E-state index is -3.53. The molecule has 28 heavy (non-hydrogen) atoms. The molecule has 9 heteroatoms. The Balaban J connectivity index is 1.54. The lowest BCUT2D eigenvalue weighted by atomic mass is 10.2. The molecular weight excluding hydrogens is 405 g/mol. The van der Waals surface area contributed by atoms with E-state index in [4.69, 9.17) is 11.6 Å². The molecule has 0 aromatic heterocycles. The summed E-state index contributed by atoms with van der Waals surface area (Å²) in [5, 5.41) is 2.60. The topological polar surface area (TPSA) is 69.7 Å². The normalized spacial score (nSPS) is 16.1. The molecule has 0 saturated carbocycles. The van der Waals surface area contributed by atoms with E-state index < -0.39 is 15.8 Å². The van der Waals surface area contributed by atoms with Crippen LogP contribution in [0.5, 0.6) is 0 Å². The first kappa shape index (κ1) is 20.7. The molecule has 0 aliphatic carbocycles. The number of nitrogens with zero attached hydrogens (tertiary/aromatic N) is 2. The van der Waals surface area contributed by atoms with E-state index in [1.165, 1.54) is 22.5 Å². The third-order valence-electron chi connectivity index (χ3n) is 4.56. The Hall–Kier alpha value is -2.00. The summed E-state index contributed by atoms with van der Waals surface area (Å²) in [6.07, 6.45) is 0. The van der Waals surface area contributed by atoms with Gasteiger partial charge in [0, 0.05) is 31.9 Å². The Morgan fingerprint density at radius 2 is 1.75 bits per heavy atom. The van der Waals surface area contributed by atoms with Crippen molar-refractivity contribution in [3.8, 4) is 0 Å². The van der Waals surface area contributed by atoms with Crippen molar-refractivity contribution in [3.05, 3.63) is 58.9 Å². The third kappa shape index (κ3) is 4.88. The number of carbonyl (C=O) groups is 1. The van der Waals surface area contributed by atoms with Gasteiger partial charge in [0.2, 0.25) is 15.9 Å². The zero-order valence-corrected chi connectivity index (χ0v) is 16.9. The maximum absolute atomic E-state index is 13.2. The molecule has 0 unspecified atom stereocenters. The predicted molar refractivity (Wildman–Crippen MR) is 106 cm³/mol. The highest BCUT2D eigenvalue weighted by atomic mass is 35.5. The molecule has 1 saturated heterocycles. The van der Waals surface area contributed by atoms with Gasteiger partial charge in [-0.2, -0.15) is 4.31 Å². The lowest BCUT2D eigenvalue weighted by Gasteiger charge is -2.33. The van der Waals surface area contributed by atoms with Gasteiger partial charge in [-0.3, -0.25) is 9.69 Å². The molecule has 0 bridgehead atoms. The largest absolute Gasteiger partial charge is 0.325 e. The van der Waals surface area contributed by atoms with Gasteiger partial charge in [-0.25, -0.2) is 12.8 Å². The molecular formula is C19H21ClFN3O3S. The van der Waals surface area contributed by atoms with Gasteiger partial charge in [-0.1, -0.05) is 29.3 Å². The lowest BCUT2D eigenvalue weighted by molar-refractivity contribution is -0.117. The van der Waals surface area contributed by atoms with Crippen molar-refractivity contribution in [3.63, 3.8) is 0 Å². The SMILES string of the molecule is Cc1ccc(S(=O)(=O)N2CCN(CC(=O)Nc3ccc(F)c(Cl)c3)CC2)cc1. The van der Waals surface area contributed by atoms with Crippen molar-refractivity contribution in [2.45, 2.75) is 11.8 Å². The zero-order chi connectivity index (χ0) is 20.3. The molecule has 6 nitrogen and oxygen atoms in total. The molecule has 1 fully saturated rings. The Bertz CT molecular complexity index is 959. The van der Waals surface area contributed by atoms with Crippen molar-refractivity contribution in [1.82, 2.24) is 9.21 Å². The Labute approximate surface area is 168 Å². The van der Waals surface area contributed by atoms with E-state index in [1.54, 1.807) is 24.3 Å². The van der Waals surface area contributed by atoms with Crippen molar-refractivity contribution < 1.29 is 17.6 Å². The van der Waals surface area contributed by atoms with Crippen molar-refractivity contribution in [1.29, 1.82) is 0 Å². The van der Waals surface area contributed by atoms with Gasteiger partial charge in [-0.15, -0.1) is 0 Å². The van der Waals surface area contributed by atoms with Crippen LogP contribution in [0.25, 0.3) is 0 Å². The average molecular weight is 426 g/mol. The summed E-state index contributed by atoms with van der Waals surface area (Å²) in [6.45, 7) is 3.54. The van der Waals surface area contributed by atoms with E-state index in [0.717, 1.165) is 5.56 Å². The van der Waals surface area contributed by atoms with Crippen LogP contribution < -0.4 is 5.32 Å². The maximum atomic E-state index is 13.2. The smallest absolute Gasteiger partial charge is 0.243 e. The van der Waals surface area contributed by atoms with Gasteiger partial charge in [-0.05, 0) is 37.3 Å². The highest BCUT2D eigenvalue weighted by Gasteiger charge is 2.29. The molecule has 0 spiro atoms. The Kier molecular flexibility index (Phi) is 6.34. The highest BCUT2D eigenvalue weighted by Crippen LogP contribution is 2.20. The summed E-state index contributed by atoms with van der Waals surface area (Å²) >= 11 is 5.71. The fourth-order valence-corrected chi connectivity index (χ4v) is 4.57. The van der Waals surface area contributed by atoms with Crippen LogP contribution in [0.1, 0.15) is 5.56 Å². The molecule has 2 aromatic carbocycles. The second-order valence-corrected chi connectivity index (χ2v) is 9.02. The molecule has 1 aliphatic heterocycles. The summed E-state index contributed by atoms with van der Waals surface area (Å²) < 4.78 is 40.0. The maximum Gasteiger partial charge on any atom is 0.243 e. The molecule has 150 valence electrons. The van der Waals surface area contributed by atoms with Crippen molar-refractivity contribution >= 4 is 33.2 Å². The molecule has 1 aliphatic rings. The van der Waals surface area contributed by atoms with Crippen LogP contribution in [0.3, 0.4) is 0 Å². The lowest BCUT2D eigenvalue weighted by Crippen LogP contribution is -2.50. The summed E-state index contributed by atoms with van der Waals surface area (Å²) in [6, 6.07) is 10.7. The van der Waals surface area contributed by atoms with E-state index in [9.17, 15) is 17.6 Å². The highest BCUT2D eigenvalue weighted by molar-refractivity contribution is 7.89. The number of anilines is 1. The minimum absolute atomic E-state index is 0.0623. The fourth-order valence-electron chi connectivity index (χ4n) is 2.96. The minimum Gasteiger partial charge on any atom is -0.325 e. The first-order chi connectivity index (χ1) is 13.3. The molecule has 2 aromatic rings. The van der Waals surface area contributed by atoms with Crippen molar-refractivity contribution in [2.24, 2.45) is 0 Å². The Morgan fingerprint density at radius 3 is 2.36 bits per heavy atom. The van der Waals surface area contributed by atoms with Crippen LogP contribution in [0.4, 0.5) is 10.1 Å². The number of amides is 1. The van der Waals surface area contributed by atoms with Gasteiger partial charge in [0.25, 0.3) is 0 Å². The van der Waals surface area contributed by atoms with Gasteiger partial charge in [0.1, 0.15) is 5.82 Å². The fraction of sp³-hybridized carbons (Fsp3) is 0.316. The number of sulfonamides is 1. The number of hydrogen-bond donors (Lipinski definition) is 1. The van der Waals surface area contributed by atoms with Gasteiger partial charge < -0.3 is 5.32 Å². The molecule has 0 atom stereocenters. The second kappa shape index (κ2) is 8.57. The predicted octanol–water partition coefficient (Wildman–Crippen LogP) is 2.73. The second-order valence-electron chi connectivity index (χ2n) is 6.67. The van der Waals surface area contributed by atoms with Crippen LogP contribution in [-0.4, -0.2) is 56.3 Å². The molecule has 1 amide bonds. The zero-order valence-electron chi connectivity index (χ0n) is 15.4. The molecule has 1 N–H and O–H groups in total. The van der Waals surface area contributed by atoms with Crippen LogP contribution in [0, 0.1) is 12.7 Å². The molecule has 3 rings (SSSR count). The van der Waals surface area contributed by atoms with E-state index in [2.05, 4.69) is 5.32 Å². The van der Waals surface area contributed by atoms with Crippen molar-refractivity contribution in [2.75, 3.05) is 38.0 Å². The van der Waals surface area contributed by atoms with Gasteiger partial charge in [0.15, 0.2) is 0 Å². The number of carbonyl (C=O) groups excluding carboxylic acids is 1. The standard InChI is InChI=1S/C19H21ClFN3O3S/c1-14-2-5-16(6-3-14)28(26,27)24-10-8-23(9-11-24)13-19(25)22-15-4-7-18(21)17(20)12-15/h2-7,12H,8-11,13H2,1H3,(H,22,25). The number of benzene rings is 2. The van der Waals surface area contributed by atoms with E-state index >= 15 is 0 Å².